The number of hydrogen-bond acceptors (Lipinski definition) is 4. The molecule has 0 fully saturated rings. The van der Waals surface area contributed by atoms with E-state index < -0.39 is 0 Å². The third kappa shape index (κ3) is 3.78. The van der Waals surface area contributed by atoms with Crippen molar-refractivity contribution in [3.63, 3.8) is 0 Å². The van der Waals surface area contributed by atoms with Crippen molar-refractivity contribution >= 4 is 17.4 Å². The van der Waals surface area contributed by atoms with Crippen molar-refractivity contribution in [2.75, 3.05) is 13.2 Å². The first-order chi connectivity index (χ1) is 7.81. The Morgan fingerprint density at radius 2 is 2.12 bits per heavy atom. The lowest BCUT2D eigenvalue weighted by atomic mass is 10.3. The molecule has 0 unspecified atom stereocenters. The molecule has 3 nitrogen and oxygen atoms in total. The van der Waals surface area contributed by atoms with E-state index in [-0.39, 0.29) is 6.29 Å². The first-order valence-electron chi connectivity index (χ1n) is 5.19. The van der Waals surface area contributed by atoms with Crippen LogP contribution < -0.4 is 0 Å². The van der Waals surface area contributed by atoms with Crippen LogP contribution in [-0.2, 0) is 9.47 Å². The Morgan fingerprint density at radius 1 is 1.44 bits per heavy atom. The van der Waals surface area contributed by atoms with E-state index in [2.05, 4.69) is 0 Å². The second-order valence-corrected chi connectivity index (χ2v) is 3.93. The van der Waals surface area contributed by atoms with Gasteiger partial charge < -0.3 is 9.47 Å². The second kappa shape index (κ2) is 7.18. The van der Waals surface area contributed by atoms with Crippen LogP contribution in [0.4, 0.5) is 0 Å². The molecule has 0 aliphatic heterocycles. The summed E-state index contributed by atoms with van der Waals surface area (Å²) in [6.07, 6.45) is 2.95. The number of allylic oxidation sites excluding steroid dienone is 1. The molecule has 0 aliphatic carbocycles. The van der Waals surface area contributed by atoms with Crippen LogP contribution in [-0.4, -0.2) is 13.2 Å². The topological polar surface area (TPSA) is 42.2 Å². The van der Waals surface area contributed by atoms with Gasteiger partial charge in [-0.2, -0.15) is 5.26 Å². The molecule has 0 bridgehead atoms. The minimum Gasteiger partial charge on any atom is -0.348 e. The molecule has 0 N–H and O–H groups in total. The van der Waals surface area contributed by atoms with Crippen LogP contribution in [0.1, 0.15) is 30.6 Å². The van der Waals surface area contributed by atoms with E-state index in [9.17, 15) is 0 Å². The van der Waals surface area contributed by atoms with Gasteiger partial charge in [0.25, 0.3) is 0 Å². The zero-order chi connectivity index (χ0) is 11.8. The van der Waals surface area contributed by atoms with E-state index in [1.54, 1.807) is 17.4 Å². The fourth-order valence-corrected chi connectivity index (χ4v) is 2.10. The third-order valence-electron chi connectivity index (χ3n) is 1.86. The van der Waals surface area contributed by atoms with Gasteiger partial charge in [0.05, 0.1) is 10.9 Å². The Morgan fingerprint density at radius 3 is 2.69 bits per heavy atom. The van der Waals surface area contributed by atoms with E-state index in [0.717, 1.165) is 10.4 Å². The van der Waals surface area contributed by atoms with E-state index in [1.165, 1.54) is 6.08 Å². The van der Waals surface area contributed by atoms with Gasteiger partial charge in [-0.25, -0.2) is 0 Å². The Labute approximate surface area is 99.9 Å². The fourth-order valence-electron chi connectivity index (χ4n) is 1.23. The Kier molecular flexibility index (Phi) is 5.79. The highest BCUT2D eigenvalue weighted by atomic mass is 32.1. The summed E-state index contributed by atoms with van der Waals surface area (Å²) in [5.74, 6) is 0. The lowest BCUT2D eigenvalue weighted by Gasteiger charge is -2.14. The van der Waals surface area contributed by atoms with Crippen molar-refractivity contribution < 1.29 is 9.47 Å². The number of hydrogen-bond donors (Lipinski definition) is 0. The molecule has 0 saturated carbocycles. The molecule has 1 heterocycles. The molecular weight excluding hydrogens is 222 g/mol. The number of thiophene rings is 1. The minimum atomic E-state index is -0.288. The lowest BCUT2D eigenvalue weighted by molar-refractivity contribution is -0.138. The minimum absolute atomic E-state index is 0.288. The maximum atomic E-state index is 8.43. The number of nitrogens with zero attached hydrogens (tertiary/aromatic N) is 1. The smallest absolute Gasteiger partial charge is 0.193 e. The molecule has 4 heteroatoms. The van der Waals surface area contributed by atoms with Gasteiger partial charge >= 0.3 is 0 Å². The van der Waals surface area contributed by atoms with Crippen molar-refractivity contribution in [1.82, 2.24) is 0 Å². The van der Waals surface area contributed by atoms with Crippen LogP contribution in [0, 0.1) is 11.3 Å². The quantitative estimate of drug-likeness (QED) is 0.563. The molecule has 0 spiro atoms. The monoisotopic (exact) mass is 237 g/mol. The van der Waals surface area contributed by atoms with Gasteiger partial charge in [-0.1, -0.05) is 0 Å². The highest BCUT2D eigenvalue weighted by Gasteiger charge is 2.12. The van der Waals surface area contributed by atoms with Gasteiger partial charge in [0.2, 0.25) is 0 Å². The Bertz CT molecular complexity index is 373. The summed E-state index contributed by atoms with van der Waals surface area (Å²) in [6.45, 7) is 5.12. The fraction of sp³-hybridized carbons (Fsp3) is 0.417. The summed E-state index contributed by atoms with van der Waals surface area (Å²) in [7, 11) is 0. The molecule has 0 atom stereocenters. The van der Waals surface area contributed by atoms with Gasteiger partial charge in [0.15, 0.2) is 6.29 Å². The van der Waals surface area contributed by atoms with Crippen LogP contribution in [0.15, 0.2) is 17.5 Å². The summed E-state index contributed by atoms with van der Waals surface area (Å²) in [6, 6.07) is 3.95. The van der Waals surface area contributed by atoms with Gasteiger partial charge in [-0.05, 0) is 36.9 Å². The molecule has 0 aromatic carbocycles. The molecule has 86 valence electrons. The van der Waals surface area contributed by atoms with Gasteiger partial charge in [0, 0.05) is 19.3 Å². The molecule has 1 rings (SSSR count). The number of nitriles is 1. The summed E-state index contributed by atoms with van der Waals surface area (Å²) in [5.41, 5.74) is 1.01. The molecule has 0 amide bonds. The zero-order valence-corrected chi connectivity index (χ0v) is 10.3. The molecule has 0 saturated heterocycles. The third-order valence-corrected chi connectivity index (χ3v) is 2.83. The highest BCUT2D eigenvalue weighted by molar-refractivity contribution is 7.10. The summed E-state index contributed by atoms with van der Waals surface area (Å²) >= 11 is 1.58. The molecule has 1 aromatic rings. The standard InChI is InChI=1S/C12H15NO2S/c1-3-14-12(15-4-2)11-8-10(9-16-11)6-5-7-13/h5-6,8-9,12H,3-4H2,1-2H3/b6-5+. The second-order valence-electron chi connectivity index (χ2n) is 2.99. The summed E-state index contributed by atoms with van der Waals surface area (Å²) in [5, 5.41) is 10.4. The lowest BCUT2D eigenvalue weighted by Crippen LogP contribution is -2.06. The molecule has 0 aliphatic rings. The van der Waals surface area contributed by atoms with Crippen molar-refractivity contribution in [1.29, 1.82) is 5.26 Å². The number of ether oxygens (including phenoxy) is 2. The van der Waals surface area contributed by atoms with Crippen LogP contribution in [0.2, 0.25) is 0 Å². The largest absolute Gasteiger partial charge is 0.348 e. The number of rotatable bonds is 6. The average molecular weight is 237 g/mol. The Balaban J connectivity index is 2.73. The molecule has 0 radical (unpaired) electrons. The van der Waals surface area contributed by atoms with Crippen LogP contribution >= 0.6 is 11.3 Å². The van der Waals surface area contributed by atoms with Gasteiger partial charge in [0.1, 0.15) is 0 Å². The first kappa shape index (κ1) is 12.9. The zero-order valence-electron chi connectivity index (χ0n) is 9.47. The molecular formula is C12H15NO2S. The average Bonchev–Trinajstić information content (AvgIpc) is 2.74. The first-order valence-corrected chi connectivity index (χ1v) is 6.07. The predicted octanol–water partition coefficient (Wildman–Crippen LogP) is 3.36. The van der Waals surface area contributed by atoms with E-state index in [0.29, 0.717) is 13.2 Å². The van der Waals surface area contributed by atoms with E-state index >= 15 is 0 Å². The van der Waals surface area contributed by atoms with Crippen molar-refractivity contribution in [2.45, 2.75) is 20.1 Å². The Hall–Kier alpha value is -1.15. The molecule has 16 heavy (non-hydrogen) atoms. The van der Waals surface area contributed by atoms with E-state index in [1.807, 2.05) is 31.4 Å². The van der Waals surface area contributed by atoms with E-state index in [4.69, 9.17) is 14.7 Å². The maximum absolute atomic E-state index is 8.43. The molecule has 1 aromatic heterocycles. The van der Waals surface area contributed by atoms with Crippen molar-refractivity contribution in [3.8, 4) is 6.07 Å². The predicted molar refractivity (Wildman–Crippen MR) is 65.0 cm³/mol. The van der Waals surface area contributed by atoms with Crippen LogP contribution in [0.3, 0.4) is 0 Å². The van der Waals surface area contributed by atoms with Gasteiger partial charge in [-0.15, -0.1) is 11.3 Å². The summed E-state index contributed by atoms with van der Waals surface area (Å²) in [4.78, 5) is 1.03. The van der Waals surface area contributed by atoms with Gasteiger partial charge in [-0.3, -0.25) is 0 Å². The maximum Gasteiger partial charge on any atom is 0.193 e. The van der Waals surface area contributed by atoms with Crippen LogP contribution in [0.5, 0.6) is 0 Å². The normalized spacial score (nSPS) is 11.1. The van der Waals surface area contributed by atoms with Crippen LogP contribution in [0.25, 0.3) is 6.08 Å². The van der Waals surface area contributed by atoms with Crippen molar-refractivity contribution in [3.05, 3.63) is 28.0 Å². The summed E-state index contributed by atoms with van der Waals surface area (Å²) < 4.78 is 11.0. The SMILES string of the molecule is CCOC(OCC)c1cc(/C=C/C#N)cs1. The highest BCUT2D eigenvalue weighted by Crippen LogP contribution is 2.26. The van der Waals surface area contributed by atoms with Crippen molar-refractivity contribution in [2.24, 2.45) is 0 Å².